The largest absolute Gasteiger partial charge is 0.505 e. The zero-order chi connectivity index (χ0) is 21.0. The van der Waals surface area contributed by atoms with Gasteiger partial charge in [-0.2, -0.15) is 0 Å². The molecule has 29 heavy (non-hydrogen) atoms. The summed E-state index contributed by atoms with van der Waals surface area (Å²) in [4.78, 5) is 0. The van der Waals surface area contributed by atoms with Gasteiger partial charge in [0.1, 0.15) is 6.61 Å². The molecule has 0 spiro atoms. The second-order valence-corrected chi connectivity index (χ2v) is 7.77. The van der Waals surface area contributed by atoms with E-state index in [1.54, 1.807) is 31.4 Å². The molecule has 2 N–H and O–H groups in total. The molecule has 0 bridgehead atoms. The van der Waals surface area contributed by atoms with Crippen molar-refractivity contribution in [3.8, 4) is 17.2 Å². The molecule has 0 radical (unpaired) electrons. The molecule has 0 saturated carbocycles. The summed E-state index contributed by atoms with van der Waals surface area (Å²) in [6.07, 6.45) is 0. The van der Waals surface area contributed by atoms with Gasteiger partial charge in [-0.05, 0) is 30.3 Å². The van der Waals surface area contributed by atoms with Gasteiger partial charge in [0, 0.05) is 33.4 Å². The predicted molar refractivity (Wildman–Crippen MR) is 119 cm³/mol. The number of rotatable bonds is 7. The number of para-hydroxylation sites is 1. The van der Waals surface area contributed by atoms with Crippen molar-refractivity contribution in [2.45, 2.75) is 13.2 Å². The molecule has 0 aliphatic rings. The number of ether oxygens (including phenoxy) is 2. The molecular formula is C21H17Cl4NO3. The van der Waals surface area contributed by atoms with E-state index >= 15 is 0 Å². The molecule has 0 aliphatic carbocycles. The maximum Gasteiger partial charge on any atom is 0.166 e. The molecule has 0 aromatic heterocycles. The van der Waals surface area contributed by atoms with Crippen LogP contribution < -0.4 is 14.8 Å². The molecule has 0 heterocycles. The highest BCUT2D eigenvalue weighted by molar-refractivity contribution is 6.37. The van der Waals surface area contributed by atoms with Crippen molar-refractivity contribution in [3.63, 3.8) is 0 Å². The Hall–Kier alpha value is -1.98. The van der Waals surface area contributed by atoms with Crippen LogP contribution in [0.3, 0.4) is 0 Å². The molecule has 152 valence electrons. The molecule has 0 amide bonds. The van der Waals surface area contributed by atoms with Crippen molar-refractivity contribution in [1.82, 2.24) is 0 Å². The van der Waals surface area contributed by atoms with Gasteiger partial charge >= 0.3 is 0 Å². The van der Waals surface area contributed by atoms with Crippen LogP contribution in [-0.4, -0.2) is 12.2 Å². The average Bonchev–Trinajstić information content (AvgIpc) is 2.69. The Labute approximate surface area is 188 Å². The molecule has 3 aromatic rings. The second-order valence-electron chi connectivity index (χ2n) is 6.11. The van der Waals surface area contributed by atoms with Crippen molar-refractivity contribution in [1.29, 1.82) is 0 Å². The first-order chi connectivity index (χ1) is 13.9. The summed E-state index contributed by atoms with van der Waals surface area (Å²) in [6, 6.07) is 14.0. The minimum atomic E-state index is -0.149. The molecular weight excluding hydrogens is 456 g/mol. The summed E-state index contributed by atoms with van der Waals surface area (Å²) in [5.41, 5.74) is 2.32. The van der Waals surface area contributed by atoms with Gasteiger partial charge in [-0.25, -0.2) is 0 Å². The first kappa shape index (κ1) is 21.7. The van der Waals surface area contributed by atoms with E-state index in [-0.39, 0.29) is 22.4 Å². The number of anilines is 1. The summed E-state index contributed by atoms with van der Waals surface area (Å²) in [5.74, 6) is 1.03. The fourth-order valence-corrected chi connectivity index (χ4v) is 3.63. The third-order valence-corrected chi connectivity index (χ3v) is 5.33. The van der Waals surface area contributed by atoms with Crippen LogP contribution in [0, 0.1) is 0 Å². The average molecular weight is 473 g/mol. The van der Waals surface area contributed by atoms with Crippen LogP contribution in [-0.2, 0) is 13.2 Å². The first-order valence-corrected chi connectivity index (χ1v) is 10.0. The Bertz CT molecular complexity index is 1000. The van der Waals surface area contributed by atoms with E-state index in [2.05, 4.69) is 5.32 Å². The second kappa shape index (κ2) is 9.68. The van der Waals surface area contributed by atoms with Gasteiger partial charge < -0.3 is 19.9 Å². The highest BCUT2D eigenvalue weighted by Crippen LogP contribution is 2.36. The molecule has 0 saturated heterocycles. The lowest BCUT2D eigenvalue weighted by molar-refractivity contribution is 0.282. The number of hydrogen-bond acceptors (Lipinski definition) is 4. The lowest BCUT2D eigenvalue weighted by Gasteiger charge is -2.17. The van der Waals surface area contributed by atoms with Crippen molar-refractivity contribution in [3.05, 3.63) is 79.7 Å². The summed E-state index contributed by atoms with van der Waals surface area (Å²) in [7, 11) is 1.58. The van der Waals surface area contributed by atoms with Crippen molar-refractivity contribution in [2.75, 3.05) is 12.4 Å². The summed E-state index contributed by atoms with van der Waals surface area (Å²) < 4.78 is 11.5. The van der Waals surface area contributed by atoms with Crippen LogP contribution in [0.5, 0.6) is 17.2 Å². The van der Waals surface area contributed by atoms with E-state index in [1.165, 1.54) is 0 Å². The number of nitrogens with one attached hydrogen (secondary N) is 1. The fourth-order valence-electron chi connectivity index (χ4n) is 2.68. The molecule has 0 atom stereocenters. The maximum atomic E-state index is 9.70. The van der Waals surface area contributed by atoms with Crippen LogP contribution in [0.2, 0.25) is 20.1 Å². The van der Waals surface area contributed by atoms with Gasteiger partial charge in [0.15, 0.2) is 17.2 Å². The summed E-state index contributed by atoms with van der Waals surface area (Å²) in [5, 5.41) is 14.3. The zero-order valence-corrected chi connectivity index (χ0v) is 18.3. The van der Waals surface area contributed by atoms with Gasteiger partial charge in [-0.3, -0.25) is 0 Å². The quantitative estimate of drug-likeness (QED) is 0.357. The van der Waals surface area contributed by atoms with Crippen molar-refractivity contribution < 1.29 is 14.6 Å². The van der Waals surface area contributed by atoms with E-state index in [9.17, 15) is 5.11 Å². The van der Waals surface area contributed by atoms with Crippen LogP contribution in [0.4, 0.5) is 5.69 Å². The lowest BCUT2D eigenvalue weighted by atomic mass is 10.1. The van der Waals surface area contributed by atoms with E-state index in [0.29, 0.717) is 33.8 Å². The number of hydrogen-bond donors (Lipinski definition) is 2. The van der Waals surface area contributed by atoms with Gasteiger partial charge in [0.05, 0.1) is 17.2 Å². The maximum absolute atomic E-state index is 9.70. The zero-order valence-electron chi connectivity index (χ0n) is 15.3. The number of benzene rings is 3. The van der Waals surface area contributed by atoms with Gasteiger partial charge in [0.2, 0.25) is 0 Å². The number of aromatic hydroxyl groups is 1. The predicted octanol–water partition coefficient (Wildman–Crippen LogP) is 7.21. The van der Waals surface area contributed by atoms with E-state index < -0.39 is 0 Å². The smallest absolute Gasteiger partial charge is 0.166 e. The van der Waals surface area contributed by atoms with E-state index in [1.807, 2.05) is 24.3 Å². The third-order valence-electron chi connectivity index (χ3n) is 4.17. The highest BCUT2D eigenvalue weighted by atomic mass is 35.5. The minimum absolute atomic E-state index is 0.149. The highest BCUT2D eigenvalue weighted by Gasteiger charge is 2.13. The molecule has 8 heteroatoms. The molecule has 3 rings (SSSR count). The molecule has 3 aromatic carbocycles. The first-order valence-electron chi connectivity index (χ1n) is 8.53. The number of phenols is 1. The van der Waals surface area contributed by atoms with E-state index in [4.69, 9.17) is 55.9 Å². The van der Waals surface area contributed by atoms with Crippen LogP contribution in [0.1, 0.15) is 11.1 Å². The monoisotopic (exact) mass is 471 g/mol. The third kappa shape index (κ3) is 5.34. The number of phenolic OH excluding ortho intramolecular Hbond substituents is 1. The number of halogens is 4. The van der Waals surface area contributed by atoms with Gasteiger partial charge in [0.25, 0.3) is 0 Å². The summed E-state index contributed by atoms with van der Waals surface area (Å²) in [6.45, 7) is 0.665. The topological polar surface area (TPSA) is 50.7 Å². The normalized spacial score (nSPS) is 10.7. The van der Waals surface area contributed by atoms with Gasteiger partial charge in [-0.15, -0.1) is 0 Å². The van der Waals surface area contributed by atoms with Crippen molar-refractivity contribution >= 4 is 52.1 Å². The Morgan fingerprint density at radius 3 is 2.28 bits per heavy atom. The molecule has 0 aliphatic heterocycles. The Morgan fingerprint density at radius 2 is 1.62 bits per heavy atom. The van der Waals surface area contributed by atoms with Gasteiger partial charge in [-0.1, -0.05) is 64.6 Å². The van der Waals surface area contributed by atoms with Crippen LogP contribution in [0.15, 0.2) is 48.5 Å². The van der Waals surface area contributed by atoms with Crippen LogP contribution >= 0.6 is 46.4 Å². The molecule has 4 nitrogen and oxygen atoms in total. The van der Waals surface area contributed by atoms with Crippen LogP contribution in [0.25, 0.3) is 0 Å². The Kier molecular flexibility index (Phi) is 7.25. The Morgan fingerprint density at radius 1 is 0.897 bits per heavy atom. The van der Waals surface area contributed by atoms with Crippen molar-refractivity contribution in [2.24, 2.45) is 0 Å². The van der Waals surface area contributed by atoms with E-state index in [0.717, 1.165) is 11.1 Å². The SMILES string of the molecule is COc1cccc(CNc2cc(Cl)c(O)c(Cl)c2)c1OCc1ccc(Cl)cc1Cl. The fraction of sp³-hybridized carbons (Fsp3) is 0.143. The standard InChI is InChI=1S/C21H17Cl4NO3/c1-28-19-4-2-3-12(10-26-15-8-17(24)20(27)18(25)9-15)21(19)29-11-13-5-6-14(22)7-16(13)23/h2-9,26-27H,10-11H2,1H3. The minimum Gasteiger partial charge on any atom is -0.505 e. The Balaban J connectivity index is 1.80. The summed E-state index contributed by atoms with van der Waals surface area (Å²) >= 11 is 24.2. The lowest BCUT2D eigenvalue weighted by Crippen LogP contribution is -2.05. The molecule has 0 unspecified atom stereocenters. The number of methoxy groups -OCH3 is 1. The molecule has 0 fully saturated rings.